The molecule has 0 aliphatic rings. The third-order valence-corrected chi connectivity index (χ3v) is 7.40. The molecule has 0 spiro atoms. The number of alkyl halides is 3. The molecular weight excluding hydrogens is 509 g/mol. The van der Waals surface area contributed by atoms with Gasteiger partial charge in [-0.15, -0.1) is 11.3 Å². The number of carboxylic acid groups (broad SMARTS) is 1. The van der Waals surface area contributed by atoms with Gasteiger partial charge in [0.1, 0.15) is 17.4 Å². The van der Waals surface area contributed by atoms with Crippen molar-refractivity contribution in [3.05, 3.63) is 94.3 Å². The minimum absolute atomic E-state index is 0.0242. The number of nitrogens with two attached hydrogens (primary N) is 1. The van der Waals surface area contributed by atoms with Crippen LogP contribution in [-0.4, -0.2) is 16.1 Å². The first-order chi connectivity index (χ1) is 17.0. The third kappa shape index (κ3) is 5.89. The molecule has 10 heteroatoms. The molecule has 1 aromatic heterocycles. The van der Waals surface area contributed by atoms with Gasteiger partial charge in [-0.05, 0) is 42.8 Å². The van der Waals surface area contributed by atoms with Crippen LogP contribution in [0.15, 0.2) is 88.0 Å². The van der Waals surface area contributed by atoms with Crippen molar-refractivity contribution in [3.8, 4) is 17.0 Å². The van der Waals surface area contributed by atoms with Gasteiger partial charge in [0.05, 0.1) is 11.3 Å². The lowest BCUT2D eigenvalue weighted by molar-refractivity contribution is -0.143. The number of thiazole rings is 1. The van der Waals surface area contributed by atoms with Crippen molar-refractivity contribution >= 4 is 29.1 Å². The monoisotopic (exact) mass is 530 g/mol. The van der Waals surface area contributed by atoms with E-state index in [1.807, 2.05) is 30.3 Å². The molecule has 0 aliphatic heterocycles. The lowest BCUT2D eigenvalue weighted by atomic mass is 10.1. The second-order valence-corrected chi connectivity index (χ2v) is 10.1. The zero-order chi connectivity index (χ0) is 25.9. The Balaban J connectivity index is 1.58. The fourth-order valence-corrected chi connectivity index (χ4v) is 5.12. The molecule has 0 unspecified atom stereocenters. The van der Waals surface area contributed by atoms with Gasteiger partial charge in [-0.2, -0.15) is 13.2 Å². The van der Waals surface area contributed by atoms with E-state index >= 15 is 0 Å². The summed E-state index contributed by atoms with van der Waals surface area (Å²) in [6.07, 6.45) is -4.61. The van der Waals surface area contributed by atoms with Gasteiger partial charge in [-0.3, -0.25) is 0 Å². The Morgan fingerprint density at radius 1 is 1.08 bits per heavy atom. The summed E-state index contributed by atoms with van der Waals surface area (Å²) >= 11 is 1.97. The minimum Gasteiger partial charge on any atom is -0.489 e. The number of aliphatic carboxylic acids is 1. The first kappa shape index (κ1) is 25.7. The average molecular weight is 531 g/mol. The number of rotatable bonds is 8. The van der Waals surface area contributed by atoms with Crippen molar-refractivity contribution in [2.75, 3.05) is 0 Å². The molecule has 3 N–H and O–H groups in total. The molecule has 0 bridgehead atoms. The normalized spacial score (nSPS) is 13.2. The number of aromatic nitrogens is 1. The summed E-state index contributed by atoms with van der Waals surface area (Å²) in [7, 11) is 0. The molecule has 1 atom stereocenters. The lowest BCUT2D eigenvalue weighted by Gasteiger charge is -2.16. The molecule has 0 aliphatic carbocycles. The Kier molecular flexibility index (Phi) is 7.39. The number of hydrogen-bond donors (Lipinski definition) is 2. The van der Waals surface area contributed by atoms with Gasteiger partial charge >= 0.3 is 12.1 Å². The maximum atomic E-state index is 14.0. The van der Waals surface area contributed by atoms with Crippen LogP contribution in [0.4, 0.5) is 13.2 Å². The molecule has 0 saturated heterocycles. The summed E-state index contributed by atoms with van der Waals surface area (Å²) in [4.78, 5) is 16.2. The second kappa shape index (κ2) is 10.3. The Labute approximate surface area is 213 Å². The highest BCUT2D eigenvalue weighted by atomic mass is 32.2. The molecule has 0 amide bonds. The quantitative estimate of drug-likeness (QED) is 0.260. The first-order valence-corrected chi connectivity index (χ1v) is 12.4. The highest BCUT2D eigenvalue weighted by Gasteiger charge is 2.36. The van der Waals surface area contributed by atoms with Crippen molar-refractivity contribution < 1.29 is 27.8 Å². The van der Waals surface area contributed by atoms with Crippen molar-refractivity contribution in [3.63, 3.8) is 0 Å². The van der Waals surface area contributed by atoms with Gasteiger partial charge in [0, 0.05) is 20.7 Å². The molecular formula is C26H21F3N2O3S2. The number of carboxylic acids is 1. The summed E-state index contributed by atoms with van der Waals surface area (Å²) in [6.45, 7) is 1.63. The van der Waals surface area contributed by atoms with Gasteiger partial charge < -0.3 is 15.6 Å². The molecule has 186 valence electrons. The summed E-state index contributed by atoms with van der Waals surface area (Å²) in [5, 5.41) is 10.9. The summed E-state index contributed by atoms with van der Waals surface area (Å²) in [5.41, 5.74) is 4.68. The maximum absolute atomic E-state index is 14.0. The Bertz CT molecular complexity index is 1370. The first-order valence-electron chi connectivity index (χ1n) is 10.7. The second-order valence-electron chi connectivity index (χ2n) is 8.11. The number of carbonyl (C=O) groups is 1. The molecule has 3 aromatic carbocycles. The van der Waals surface area contributed by atoms with Gasteiger partial charge in [0.15, 0.2) is 5.54 Å². The van der Waals surface area contributed by atoms with E-state index in [9.17, 15) is 23.1 Å². The number of benzene rings is 3. The smallest absolute Gasteiger partial charge is 0.417 e. The predicted molar refractivity (Wildman–Crippen MR) is 133 cm³/mol. The van der Waals surface area contributed by atoms with E-state index in [4.69, 9.17) is 10.5 Å². The topological polar surface area (TPSA) is 85.4 Å². The molecule has 0 saturated carbocycles. The number of hydrogen-bond acceptors (Lipinski definition) is 6. The van der Waals surface area contributed by atoms with Gasteiger partial charge in [-0.25, -0.2) is 9.78 Å². The van der Waals surface area contributed by atoms with Crippen LogP contribution >= 0.6 is 23.1 Å². The van der Waals surface area contributed by atoms with E-state index in [0.29, 0.717) is 17.3 Å². The number of nitrogens with zero attached hydrogens (tertiary/aromatic N) is 1. The van der Waals surface area contributed by atoms with Crippen LogP contribution in [0.3, 0.4) is 0 Å². The van der Waals surface area contributed by atoms with Crippen LogP contribution in [0.25, 0.3) is 11.3 Å². The van der Waals surface area contributed by atoms with E-state index in [1.165, 1.54) is 24.4 Å². The molecule has 4 aromatic rings. The molecule has 5 nitrogen and oxygen atoms in total. The largest absolute Gasteiger partial charge is 0.489 e. The van der Waals surface area contributed by atoms with E-state index in [-0.39, 0.29) is 21.2 Å². The average Bonchev–Trinajstić information content (AvgIpc) is 3.34. The standard InChI is InChI=1S/C26H21F3N2O3S2/c1-25(30,24(32)33)23-31-21(15-35-23)17-10-11-22(20(12-17)26(27,28)29)36-19-9-5-8-18(13-19)34-14-16-6-3-2-4-7-16/h2-13,15H,14,30H2,1H3,(H,32,33)/t25-/m1/s1. The van der Waals surface area contributed by atoms with Gasteiger partial charge in [-0.1, -0.05) is 54.2 Å². The molecule has 0 fully saturated rings. The summed E-state index contributed by atoms with van der Waals surface area (Å²) in [6, 6.07) is 20.4. The fourth-order valence-electron chi connectivity index (χ4n) is 3.23. The van der Waals surface area contributed by atoms with Crippen LogP contribution in [0.1, 0.15) is 23.1 Å². The molecule has 4 rings (SSSR count). The number of halogens is 3. The van der Waals surface area contributed by atoms with Crippen molar-refractivity contribution in [2.45, 2.75) is 35.0 Å². The fraction of sp³-hybridized carbons (Fsp3) is 0.154. The lowest BCUT2D eigenvalue weighted by Crippen LogP contribution is -2.41. The molecule has 36 heavy (non-hydrogen) atoms. The van der Waals surface area contributed by atoms with E-state index in [1.54, 1.807) is 24.3 Å². The SMILES string of the molecule is C[C@](N)(C(=O)O)c1nc(-c2ccc(Sc3cccc(OCc4ccccc4)c3)c(C(F)(F)F)c2)cs1. The van der Waals surface area contributed by atoms with E-state index in [2.05, 4.69) is 4.98 Å². The number of ether oxygens (including phenoxy) is 1. The zero-order valence-corrected chi connectivity index (χ0v) is 20.6. The van der Waals surface area contributed by atoms with Crippen LogP contribution in [-0.2, 0) is 23.1 Å². The predicted octanol–water partition coefficient (Wildman–Crippen LogP) is 6.82. The molecule has 1 heterocycles. The van der Waals surface area contributed by atoms with Crippen molar-refractivity contribution in [1.29, 1.82) is 0 Å². The Hall–Kier alpha value is -3.34. The van der Waals surface area contributed by atoms with Gasteiger partial charge in [0.25, 0.3) is 0 Å². The van der Waals surface area contributed by atoms with Crippen LogP contribution in [0.2, 0.25) is 0 Å². The zero-order valence-electron chi connectivity index (χ0n) is 19.0. The summed E-state index contributed by atoms with van der Waals surface area (Å²) in [5.74, 6) is -0.728. The van der Waals surface area contributed by atoms with Crippen molar-refractivity contribution in [2.24, 2.45) is 5.73 Å². The van der Waals surface area contributed by atoms with Crippen LogP contribution < -0.4 is 10.5 Å². The minimum atomic E-state index is -4.61. The van der Waals surface area contributed by atoms with Crippen molar-refractivity contribution in [1.82, 2.24) is 4.98 Å². The Morgan fingerprint density at radius 2 is 1.83 bits per heavy atom. The Morgan fingerprint density at radius 3 is 2.53 bits per heavy atom. The highest BCUT2D eigenvalue weighted by molar-refractivity contribution is 7.99. The van der Waals surface area contributed by atoms with Crippen LogP contribution in [0.5, 0.6) is 5.75 Å². The highest BCUT2D eigenvalue weighted by Crippen LogP contribution is 2.42. The third-order valence-electron chi connectivity index (χ3n) is 5.26. The molecule has 0 radical (unpaired) electrons. The van der Waals surface area contributed by atoms with E-state index < -0.39 is 23.2 Å². The van der Waals surface area contributed by atoms with E-state index in [0.717, 1.165) is 34.7 Å². The van der Waals surface area contributed by atoms with Crippen LogP contribution in [0, 0.1) is 0 Å². The van der Waals surface area contributed by atoms with Gasteiger partial charge in [0.2, 0.25) is 0 Å². The summed E-state index contributed by atoms with van der Waals surface area (Å²) < 4.78 is 47.7. The maximum Gasteiger partial charge on any atom is 0.417 e.